The molecule has 284 valence electrons. The number of para-hydroxylation sites is 1. The second kappa shape index (κ2) is 15.6. The van der Waals surface area contributed by atoms with E-state index in [4.69, 9.17) is 9.97 Å². The van der Waals surface area contributed by atoms with Gasteiger partial charge in [-0.15, -0.1) is 0 Å². The molecule has 3 amide bonds. The van der Waals surface area contributed by atoms with E-state index >= 15 is 0 Å². The summed E-state index contributed by atoms with van der Waals surface area (Å²) in [4.78, 5) is 52.3. The number of nitrogens with zero attached hydrogens (tertiary/aromatic N) is 9. The number of piperazine rings is 1. The highest BCUT2D eigenvalue weighted by atomic mass is 16.2. The lowest BCUT2D eigenvalue weighted by atomic mass is 10.0. The molecule has 14 nitrogen and oxygen atoms in total. The van der Waals surface area contributed by atoms with E-state index in [-0.39, 0.29) is 11.9 Å². The number of urea groups is 1. The van der Waals surface area contributed by atoms with Crippen molar-refractivity contribution in [2.24, 2.45) is 0 Å². The number of benzene rings is 2. The van der Waals surface area contributed by atoms with E-state index in [1.807, 2.05) is 30.5 Å². The quantitative estimate of drug-likeness (QED) is 0.154. The maximum Gasteiger partial charge on any atom is 0.328 e. The van der Waals surface area contributed by atoms with E-state index < -0.39 is 0 Å². The van der Waals surface area contributed by atoms with Gasteiger partial charge < -0.3 is 15.5 Å². The van der Waals surface area contributed by atoms with Gasteiger partial charge in [-0.3, -0.25) is 34.4 Å². The number of fused-ring (bicyclic) bond motifs is 1. The topological polar surface area (TPSA) is 140 Å². The maximum atomic E-state index is 12.5. The van der Waals surface area contributed by atoms with E-state index in [0.29, 0.717) is 31.0 Å². The predicted molar refractivity (Wildman–Crippen MR) is 214 cm³/mol. The Balaban J connectivity index is 0.783. The van der Waals surface area contributed by atoms with Gasteiger partial charge in [-0.25, -0.2) is 14.8 Å². The molecule has 3 N–H and O–H groups in total. The number of imidazole rings is 1. The van der Waals surface area contributed by atoms with Crippen LogP contribution in [0.15, 0.2) is 79.3 Å². The van der Waals surface area contributed by atoms with Crippen LogP contribution in [0, 0.1) is 0 Å². The zero-order valence-electron chi connectivity index (χ0n) is 31.1. The Kier molecular flexibility index (Phi) is 9.98. The summed E-state index contributed by atoms with van der Waals surface area (Å²) in [5, 5.41) is 9.40. The number of hydrogen-bond donors (Lipinski definition) is 3. The number of piperidine rings is 1. The van der Waals surface area contributed by atoms with E-state index in [1.165, 1.54) is 18.5 Å². The number of nitrogens with one attached hydrogen (secondary N) is 3. The van der Waals surface area contributed by atoms with E-state index in [1.54, 1.807) is 17.3 Å². The van der Waals surface area contributed by atoms with Crippen molar-refractivity contribution in [2.45, 2.75) is 63.6 Å². The minimum Gasteiger partial charge on any atom is -0.371 e. The van der Waals surface area contributed by atoms with Crippen molar-refractivity contribution in [1.29, 1.82) is 0 Å². The fraction of sp³-hybridized carbons (Fsp3) is 0.415. The Morgan fingerprint density at radius 2 is 1.51 bits per heavy atom. The average Bonchev–Trinajstić information content (AvgIpc) is 3.87. The molecule has 1 aliphatic carbocycles. The molecule has 0 bridgehead atoms. The average molecular weight is 741 g/mol. The first kappa shape index (κ1) is 35.1. The third-order valence-corrected chi connectivity index (χ3v) is 11.7. The molecule has 0 spiro atoms. The molecule has 14 heteroatoms. The molecule has 0 radical (unpaired) electrons. The zero-order chi connectivity index (χ0) is 37.1. The second-order valence-corrected chi connectivity index (χ2v) is 15.1. The summed E-state index contributed by atoms with van der Waals surface area (Å²) in [5.74, 6) is 1.16. The van der Waals surface area contributed by atoms with Crippen LogP contribution in [0.2, 0.25) is 0 Å². The van der Waals surface area contributed by atoms with E-state index in [2.05, 4.69) is 81.6 Å². The summed E-state index contributed by atoms with van der Waals surface area (Å²) >= 11 is 0. The first-order valence-corrected chi connectivity index (χ1v) is 19.7. The van der Waals surface area contributed by atoms with Gasteiger partial charge in [0.2, 0.25) is 17.8 Å². The number of pyridine rings is 1. The van der Waals surface area contributed by atoms with Crippen molar-refractivity contribution >= 4 is 57.7 Å². The molecule has 55 heavy (non-hydrogen) atoms. The van der Waals surface area contributed by atoms with E-state index in [9.17, 15) is 9.59 Å². The molecule has 6 heterocycles. The molecule has 3 saturated heterocycles. The molecule has 3 aromatic heterocycles. The SMILES string of the molecule is O=C1CCN(c2cnccc2CN2CCN(C3CCN(c4ccc(Nc5ncc6nc(Nc7ccccc7)n(C7CCCC7)c6n5)cc4)CC3)CC2)C(=O)N1. The second-order valence-electron chi connectivity index (χ2n) is 15.1. The normalized spacial score (nSPS) is 19.3. The lowest BCUT2D eigenvalue weighted by Gasteiger charge is -2.43. The molecule has 0 unspecified atom stereocenters. The molecule has 0 atom stereocenters. The van der Waals surface area contributed by atoms with Crippen molar-refractivity contribution in [1.82, 2.24) is 39.6 Å². The summed E-state index contributed by atoms with van der Waals surface area (Å²) in [6.45, 7) is 7.22. The number of rotatable bonds is 10. The number of hydrogen-bond acceptors (Lipinski definition) is 11. The summed E-state index contributed by atoms with van der Waals surface area (Å²) in [6.07, 6.45) is 12.6. The Bertz CT molecular complexity index is 2120. The Labute approximate surface area is 321 Å². The maximum absolute atomic E-state index is 12.5. The van der Waals surface area contributed by atoms with Crippen molar-refractivity contribution in [2.75, 3.05) is 66.2 Å². The Hall–Kier alpha value is -5.60. The minimum atomic E-state index is -0.369. The fourth-order valence-electron chi connectivity index (χ4n) is 8.69. The molecule has 3 aliphatic heterocycles. The van der Waals surface area contributed by atoms with Crippen LogP contribution in [0.5, 0.6) is 0 Å². The van der Waals surface area contributed by atoms with Gasteiger partial charge in [0.05, 0.1) is 18.1 Å². The first-order chi connectivity index (χ1) is 27.0. The van der Waals surface area contributed by atoms with Gasteiger partial charge in [0.25, 0.3) is 0 Å². The van der Waals surface area contributed by atoms with Crippen LogP contribution in [0.25, 0.3) is 11.2 Å². The van der Waals surface area contributed by atoms with Gasteiger partial charge in [-0.2, -0.15) is 4.98 Å². The molecule has 2 aromatic carbocycles. The van der Waals surface area contributed by atoms with Crippen molar-refractivity contribution in [3.05, 3.63) is 84.8 Å². The first-order valence-electron chi connectivity index (χ1n) is 19.7. The molecule has 4 aliphatic rings. The molecular weight excluding hydrogens is 693 g/mol. The minimum absolute atomic E-state index is 0.227. The van der Waals surface area contributed by atoms with Crippen LogP contribution in [-0.2, 0) is 11.3 Å². The summed E-state index contributed by atoms with van der Waals surface area (Å²) in [7, 11) is 0. The van der Waals surface area contributed by atoms with Crippen molar-refractivity contribution < 1.29 is 9.59 Å². The highest BCUT2D eigenvalue weighted by Crippen LogP contribution is 2.36. The molecule has 5 aromatic rings. The summed E-state index contributed by atoms with van der Waals surface area (Å²) in [5.41, 5.74) is 6.70. The number of carbonyl (C=O) groups excluding carboxylic acids is 2. The third-order valence-electron chi connectivity index (χ3n) is 11.7. The standard InChI is InChI=1S/C41H48N12O2/c54-37-17-21-52(41(55)47-37)36-27-42-18-14-29(36)28-49-22-24-51(25-23-49)33-15-19-50(20-16-33)32-12-10-31(11-13-32)44-39-43-26-35-38(48-39)53(34-8-4-5-9-34)40(46-35)45-30-6-2-1-3-7-30/h1-3,6-7,10-14,18,26-27,33-34H,4-5,8-9,15-17,19-25,28H2,(H,45,46)(H,43,44,48)(H,47,54,55). The summed E-state index contributed by atoms with van der Waals surface area (Å²) in [6, 6.07) is 21.4. The monoisotopic (exact) mass is 740 g/mol. The van der Waals surface area contributed by atoms with Crippen LogP contribution < -0.4 is 25.8 Å². The molecular formula is C41H48N12O2. The number of anilines is 6. The summed E-state index contributed by atoms with van der Waals surface area (Å²) < 4.78 is 2.27. The van der Waals surface area contributed by atoms with Crippen molar-refractivity contribution in [3.63, 3.8) is 0 Å². The van der Waals surface area contributed by atoms with Gasteiger partial charge in [0.15, 0.2) is 5.65 Å². The van der Waals surface area contributed by atoms with Crippen LogP contribution in [0.3, 0.4) is 0 Å². The smallest absolute Gasteiger partial charge is 0.328 e. The molecule has 1 saturated carbocycles. The third kappa shape index (κ3) is 7.69. The molecule has 9 rings (SSSR count). The lowest BCUT2D eigenvalue weighted by molar-refractivity contribution is -0.120. The van der Waals surface area contributed by atoms with Gasteiger partial charge in [-0.05, 0) is 73.7 Å². The van der Waals surface area contributed by atoms with Crippen LogP contribution in [0.4, 0.5) is 39.4 Å². The van der Waals surface area contributed by atoms with Crippen LogP contribution >= 0.6 is 0 Å². The predicted octanol–water partition coefficient (Wildman–Crippen LogP) is 6.06. The van der Waals surface area contributed by atoms with Crippen molar-refractivity contribution in [3.8, 4) is 0 Å². The lowest BCUT2D eigenvalue weighted by Crippen LogP contribution is -2.53. The number of amides is 3. The zero-order valence-corrected chi connectivity index (χ0v) is 31.1. The van der Waals surface area contributed by atoms with Gasteiger partial charge in [-0.1, -0.05) is 31.0 Å². The van der Waals surface area contributed by atoms with Crippen LogP contribution in [-0.4, -0.2) is 98.1 Å². The fourth-order valence-corrected chi connectivity index (χ4v) is 8.69. The largest absolute Gasteiger partial charge is 0.371 e. The van der Waals surface area contributed by atoms with Crippen LogP contribution in [0.1, 0.15) is 56.6 Å². The Morgan fingerprint density at radius 1 is 0.745 bits per heavy atom. The highest BCUT2D eigenvalue weighted by Gasteiger charge is 2.30. The van der Waals surface area contributed by atoms with Gasteiger partial charge >= 0.3 is 6.03 Å². The van der Waals surface area contributed by atoms with E-state index in [0.717, 1.165) is 111 Å². The highest BCUT2D eigenvalue weighted by molar-refractivity contribution is 6.05. The number of imide groups is 1. The molecule has 4 fully saturated rings. The Morgan fingerprint density at radius 3 is 2.27 bits per heavy atom. The number of carbonyl (C=O) groups is 2. The van der Waals surface area contributed by atoms with Gasteiger partial charge in [0.1, 0.15) is 5.52 Å². The van der Waals surface area contributed by atoms with Gasteiger partial charge in [0, 0.05) is 94.1 Å². The number of aromatic nitrogens is 5.